The minimum Gasteiger partial charge on any atom is -0.490 e. The predicted molar refractivity (Wildman–Crippen MR) is 110 cm³/mol. The van der Waals surface area contributed by atoms with Crippen LogP contribution in [0.3, 0.4) is 0 Å². The van der Waals surface area contributed by atoms with Crippen LogP contribution in [0.15, 0.2) is 53.1 Å². The molecule has 0 aliphatic rings. The van der Waals surface area contributed by atoms with Crippen molar-refractivity contribution in [1.29, 1.82) is 0 Å². The first-order chi connectivity index (χ1) is 13.7. The molecule has 1 aromatic heterocycles. The van der Waals surface area contributed by atoms with E-state index in [1.165, 1.54) is 5.56 Å². The van der Waals surface area contributed by atoms with Gasteiger partial charge in [0, 0.05) is 12.1 Å². The zero-order valence-corrected chi connectivity index (χ0v) is 16.8. The van der Waals surface area contributed by atoms with Crippen LogP contribution in [-0.2, 0) is 19.6 Å². The summed E-state index contributed by atoms with van der Waals surface area (Å²) < 4.78 is 17.0. The number of rotatable bonds is 10. The third-order valence-electron chi connectivity index (χ3n) is 4.61. The van der Waals surface area contributed by atoms with Crippen molar-refractivity contribution in [1.82, 2.24) is 10.5 Å². The van der Waals surface area contributed by atoms with Crippen LogP contribution in [0.1, 0.15) is 35.1 Å². The van der Waals surface area contributed by atoms with Gasteiger partial charge in [0.15, 0.2) is 11.5 Å². The van der Waals surface area contributed by atoms with Crippen LogP contribution in [0, 0.1) is 13.8 Å². The molecule has 3 aromatic rings. The Balaban J connectivity index is 1.55. The van der Waals surface area contributed by atoms with Gasteiger partial charge in [0.25, 0.3) is 0 Å². The smallest absolute Gasteiger partial charge is 0.161 e. The normalized spacial score (nSPS) is 10.8. The molecule has 5 nitrogen and oxygen atoms in total. The van der Waals surface area contributed by atoms with Crippen molar-refractivity contribution in [2.45, 2.75) is 40.3 Å². The Kier molecular flexibility index (Phi) is 7.09. The topological polar surface area (TPSA) is 56.5 Å². The summed E-state index contributed by atoms with van der Waals surface area (Å²) in [5.74, 6) is 2.45. The fourth-order valence-corrected chi connectivity index (χ4v) is 3.09. The van der Waals surface area contributed by atoms with Gasteiger partial charge in [-0.05, 0) is 57.0 Å². The molecule has 1 N–H and O–H groups in total. The number of nitrogens with one attached hydrogen (secondary N) is 1. The quantitative estimate of drug-likeness (QED) is 0.521. The molecule has 0 aliphatic carbocycles. The molecule has 0 spiro atoms. The molecule has 0 saturated heterocycles. The molecule has 0 bridgehead atoms. The number of nitrogens with zero attached hydrogens (tertiary/aromatic N) is 1. The van der Waals surface area contributed by atoms with Gasteiger partial charge in [-0.15, -0.1) is 0 Å². The molecular weight excluding hydrogens is 352 g/mol. The van der Waals surface area contributed by atoms with Crippen LogP contribution in [0.25, 0.3) is 0 Å². The number of benzene rings is 2. The lowest BCUT2D eigenvalue weighted by molar-refractivity contribution is 0.269. The summed E-state index contributed by atoms with van der Waals surface area (Å²) in [6.07, 6.45) is 0.901. The summed E-state index contributed by atoms with van der Waals surface area (Å²) in [4.78, 5) is 0. The van der Waals surface area contributed by atoms with Crippen LogP contribution in [0.4, 0.5) is 0 Å². The number of hydrogen-bond acceptors (Lipinski definition) is 5. The van der Waals surface area contributed by atoms with Gasteiger partial charge in [0.2, 0.25) is 0 Å². The Morgan fingerprint density at radius 3 is 2.50 bits per heavy atom. The van der Waals surface area contributed by atoms with Crippen molar-refractivity contribution in [3.63, 3.8) is 0 Å². The molecule has 5 heteroatoms. The van der Waals surface area contributed by atoms with Gasteiger partial charge in [-0.25, -0.2) is 0 Å². The third kappa shape index (κ3) is 5.36. The van der Waals surface area contributed by atoms with E-state index in [-0.39, 0.29) is 0 Å². The highest BCUT2D eigenvalue weighted by molar-refractivity contribution is 5.43. The van der Waals surface area contributed by atoms with E-state index in [2.05, 4.69) is 28.7 Å². The Labute approximate surface area is 166 Å². The van der Waals surface area contributed by atoms with Gasteiger partial charge in [-0.3, -0.25) is 0 Å². The van der Waals surface area contributed by atoms with Crippen molar-refractivity contribution < 1.29 is 14.0 Å². The highest BCUT2D eigenvalue weighted by Gasteiger charge is 2.09. The Morgan fingerprint density at radius 1 is 0.964 bits per heavy atom. The van der Waals surface area contributed by atoms with Crippen LogP contribution >= 0.6 is 0 Å². The van der Waals surface area contributed by atoms with E-state index in [0.29, 0.717) is 13.2 Å². The second-order valence-electron chi connectivity index (χ2n) is 6.72. The molecule has 0 fully saturated rings. The van der Waals surface area contributed by atoms with E-state index in [1.54, 1.807) is 0 Å². The fourth-order valence-electron chi connectivity index (χ4n) is 3.09. The van der Waals surface area contributed by atoms with E-state index < -0.39 is 0 Å². The van der Waals surface area contributed by atoms with Crippen molar-refractivity contribution in [3.8, 4) is 11.5 Å². The molecule has 0 saturated carbocycles. The van der Waals surface area contributed by atoms with Gasteiger partial charge in [0.1, 0.15) is 12.4 Å². The maximum atomic E-state index is 5.97. The highest BCUT2D eigenvalue weighted by Crippen LogP contribution is 2.29. The van der Waals surface area contributed by atoms with Crippen LogP contribution in [-0.4, -0.2) is 18.3 Å². The van der Waals surface area contributed by atoms with Gasteiger partial charge in [0.05, 0.1) is 12.3 Å². The molecular formula is C23H28N2O3. The molecule has 0 atom stereocenters. The van der Waals surface area contributed by atoms with Gasteiger partial charge in [-0.1, -0.05) is 41.6 Å². The van der Waals surface area contributed by atoms with E-state index in [9.17, 15) is 0 Å². The lowest BCUT2D eigenvalue weighted by atomic mass is 10.1. The molecule has 2 aromatic carbocycles. The second-order valence-corrected chi connectivity index (χ2v) is 6.72. The first-order valence-corrected chi connectivity index (χ1v) is 9.72. The molecule has 1 heterocycles. The van der Waals surface area contributed by atoms with Crippen molar-refractivity contribution >= 4 is 0 Å². The second kappa shape index (κ2) is 9.95. The summed E-state index contributed by atoms with van der Waals surface area (Å²) >= 11 is 0. The molecule has 148 valence electrons. The van der Waals surface area contributed by atoms with Crippen LogP contribution in [0.5, 0.6) is 11.5 Å². The first kappa shape index (κ1) is 20.0. The number of ether oxygens (including phenoxy) is 2. The first-order valence-electron chi connectivity index (χ1n) is 9.72. The van der Waals surface area contributed by atoms with Gasteiger partial charge >= 0.3 is 0 Å². The summed E-state index contributed by atoms with van der Waals surface area (Å²) in [5, 5.41) is 7.48. The monoisotopic (exact) mass is 380 g/mol. The standard InChI is InChI=1S/C23H28N2O3/c1-4-26-23-14-20(15-24-13-12-21-17(2)25-28-18(21)3)10-11-22(23)27-16-19-8-6-5-7-9-19/h5-11,14,24H,4,12-13,15-16H2,1-3H3. The minimum atomic E-state index is 0.524. The zero-order chi connectivity index (χ0) is 19.8. The fraction of sp³-hybridized carbons (Fsp3) is 0.348. The third-order valence-corrected chi connectivity index (χ3v) is 4.61. The molecule has 0 radical (unpaired) electrons. The van der Waals surface area contributed by atoms with E-state index in [4.69, 9.17) is 14.0 Å². The number of aryl methyl sites for hydroxylation is 2. The Hall–Kier alpha value is -2.79. The van der Waals surface area contributed by atoms with E-state index in [0.717, 1.165) is 53.6 Å². The number of hydrogen-bond donors (Lipinski definition) is 1. The van der Waals surface area contributed by atoms with E-state index in [1.807, 2.05) is 51.1 Å². The average Bonchev–Trinajstić information content (AvgIpc) is 3.03. The largest absolute Gasteiger partial charge is 0.490 e. The molecule has 3 rings (SSSR count). The molecule has 0 amide bonds. The van der Waals surface area contributed by atoms with Gasteiger partial charge in [-0.2, -0.15) is 0 Å². The SMILES string of the molecule is CCOc1cc(CNCCc2c(C)noc2C)ccc1OCc1ccccc1. The summed E-state index contributed by atoms with van der Waals surface area (Å²) in [6, 6.07) is 16.2. The lowest BCUT2D eigenvalue weighted by Gasteiger charge is -2.14. The molecule has 0 aliphatic heterocycles. The summed E-state index contributed by atoms with van der Waals surface area (Å²) in [7, 11) is 0. The summed E-state index contributed by atoms with van der Waals surface area (Å²) in [6.45, 7) is 8.67. The maximum Gasteiger partial charge on any atom is 0.161 e. The average molecular weight is 380 g/mol. The highest BCUT2D eigenvalue weighted by atomic mass is 16.5. The van der Waals surface area contributed by atoms with Crippen molar-refractivity contribution in [2.75, 3.05) is 13.2 Å². The predicted octanol–water partition coefficient (Wildman–Crippen LogP) is 4.60. The molecule has 0 unspecified atom stereocenters. The van der Waals surface area contributed by atoms with Gasteiger partial charge < -0.3 is 19.3 Å². The van der Waals surface area contributed by atoms with Crippen molar-refractivity contribution in [2.24, 2.45) is 0 Å². The zero-order valence-electron chi connectivity index (χ0n) is 16.8. The maximum absolute atomic E-state index is 5.97. The lowest BCUT2D eigenvalue weighted by Crippen LogP contribution is -2.17. The van der Waals surface area contributed by atoms with Crippen molar-refractivity contribution in [3.05, 3.63) is 76.7 Å². The summed E-state index contributed by atoms with van der Waals surface area (Å²) in [5.41, 5.74) is 4.45. The van der Waals surface area contributed by atoms with E-state index >= 15 is 0 Å². The minimum absolute atomic E-state index is 0.524. The van der Waals surface area contributed by atoms with Crippen LogP contribution < -0.4 is 14.8 Å². The molecule has 28 heavy (non-hydrogen) atoms. The number of aromatic nitrogens is 1. The Bertz CT molecular complexity index is 855. The van der Waals surface area contributed by atoms with Crippen LogP contribution in [0.2, 0.25) is 0 Å². The Morgan fingerprint density at radius 2 is 1.79 bits per heavy atom.